The zero-order valence-corrected chi connectivity index (χ0v) is 29.9. The van der Waals surface area contributed by atoms with Gasteiger partial charge in [0, 0.05) is 0 Å². The van der Waals surface area contributed by atoms with Crippen molar-refractivity contribution in [3.8, 4) is 23.0 Å². The Morgan fingerprint density at radius 2 is 0.940 bits per heavy atom. The lowest BCUT2D eigenvalue weighted by Gasteiger charge is -2.14. The number of para-hydroxylation sites is 2. The van der Waals surface area contributed by atoms with E-state index in [-0.39, 0.29) is 25.7 Å². The summed E-state index contributed by atoms with van der Waals surface area (Å²) in [4.78, 5) is 0.588. The third kappa shape index (κ3) is 9.67. The highest BCUT2D eigenvalue weighted by atomic mass is 32.2. The summed E-state index contributed by atoms with van der Waals surface area (Å²) >= 11 is 0. The van der Waals surface area contributed by atoms with E-state index in [9.17, 15) is 16.8 Å². The van der Waals surface area contributed by atoms with Crippen molar-refractivity contribution in [1.29, 1.82) is 0 Å². The van der Waals surface area contributed by atoms with E-state index in [1.807, 2.05) is 44.2 Å². The Labute approximate surface area is 295 Å². The topological polar surface area (TPSA) is 105 Å². The summed E-state index contributed by atoms with van der Waals surface area (Å²) in [7, 11) is -7.56. The number of rotatable bonds is 18. The van der Waals surface area contributed by atoms with E-state index in [1.54, 1.807) is 97.1 Å². The van der Waals surface area contributed by atoms with E-state index in [4.69, 9.17) is 18.9 Å². The molecule has 0 spiro atoms. The van der Waals surface area contributed by atoms with Gasteiger partial charge in [-0.3, -0.25) is 0 Å². The molecule has 0 N–H and O–H groups in total. The minimum atomic E-state index is -3.80. The van der Waals surface area contributed by atoms with Crippen LogP contribution in [0.1, 0.15) is 45.1 Å². The van der Waals surface area contributed by atoms with Gasteiger partial charge in [-0.1, -0.05) is 54.6 Å². The van der Waals surface area contributed by atoms with Gasteiger partial charge in [0.25, 0.3) is 0 Å². The van der Waals surface area contributed by atoms with Gasteiger partial charge in [0.1, 0.15) is 39.4 Å². The molecule has 0 bridgehead atoms. The maximum absolute atomic E-state index is 13.5. The molecule has 0 aliphatic rings. The lowest BCUT2D eigenvalue weighted by atomic mass is 10.2. The lowest BCUT2D eigenvalue weighted by Crippen LogP contribution is -2.10. The Morgan fingerprint density at radius 3 is 1.50 bits per heavy atom. The van der Waals surface area contributed by atoms with Crippen LogP contribution >= 0.6 is 0 Å². The Bertz CT molecular complexity index is 2030. The molecule has 5 rings (SSSR count). The molecule has 50 heavy (non-hydrogen) atoms. The first kappa shape index (κ1) is 36.5. The van der Waals surface area contributed by atoms with Crippen LogP contribution in [-0.4, -0.2) is 36.2 Å². The van der Waals surface area contributed by atoms with Crippen molar-refractivity contribution < 1.29 is 35.8 Å². The average molecular weight is 715 g/mol. The number of sulfone groups is 2. The van der Waals surface area contributed by atoms with Crippen molar-refractivity contribution >= 4 is 19.7 Å². The Balaban J connectivity index is 1.05. The van der Waals surface area contributed by atoms with E-state index < -0.39 is 19.7 Å². The van der Waals surface area contributed by atoms with Gasteiger partial charge in [0.2, 0.25) is 19.7 Å². The van der Waals surface area contributed by atoms with Gasteiger partial charge >= 0.3 is 0 Å². The predicted octanol–water partition coefficient (Wildman–Crippen LogP) is 8.74. The Kier molecular flexibility index (Phi) is 12.6. The van der Waals surface area contributed by atoms with Crippen molar-refractivity contribution in [3.05, 3.63) is 133 Å². The maximum atomic E-state index is 13.5. The zero-order valence-electron chi connectivity index (χ0n) is 28.2. The molecule has 5 aromatic rings. The van der Waals surface area contributed by atoms with E-state index in [1.165, 1.54) is 0 Å². The first-order valence-corrected chi connectivity index (χ1v) is 19.6. The van der Waals surface area contributed by atoms with Crippen LogP contribution in [0.25, 0.3) is 0 Å². The fraction of sp³-hybridized carbons (Fsp3) is 0.250. The minimum absolute atomic E-state index is 0.123. The molecule has 0 aromatic heterocycles. The molecule has 8 nitrogen and oxygen atoms in total. The summed E-state index contributed by atoms with van der Waals surface area (Å²) in [6.07, 6.45) is 3.16. The van der Waals surface area contributed by atoms with Gasteiger partial charge in [0.15, 0.2) is 0 Å². The number of ether oxygens (including phenoxy) is 4. The van der Waals surface area contributed by atoms with Crippen LogP contribution in [0.4, 0.5) is 0 Å². The van der Waals surface area contributed by atoms with Crippen LogP contribution in [0.5, 0.6) is 23.0 Å². The standard InChI is InChI=1S/C40H42O8S2/c1-31(2)48-38-17-9-11-19-40(38)50(43,44)36-24-20-33(21-25-36)45-28-12-3-4-13-29-46-37-16-8-10-18-39(37)49(41,42)35-26-22-34(23-27-35)47-30-32-14-6-5-7-15-32/h5-11,14-27,31H,3-4,12-13,28-30H2,1-2H3. The molecule has 0 saturated heterocycles. The van der Waals surface area contributed by atoms with Crippen molar-refractivity contribution in [2.45, 2.75) is 71.8 Å². The first-order valence-electron chi connectivity index (χ1n) is 16.6. The molecule has 0 radical (unpaired) electrons. The van der Waals surface area contributed by atoms with Crippen molar-refractivity contribution in [3.63, 3.8) is 0 Å². The van der Waals surface area contributed by atoms with E-state index in [0.717, 1.165) is 31.2 Å². The highest BCUT2D eigenvalue weighted by molar-refractivity contribution is 7.92. The maximum Gasteiger partial charge on any atom is 0.210 e. The third-order valence-electron chi connectivity index (χ3n) is 7.72. The average Bonchev–Trinajstić information content (AvgIpc) is 3.12. The van der Waals surface area contributed by atoms with Crippen LogP contribution in [0, 0.1) is 0 Å². The summed E-state index contributed by atoms with van der Waals surface area (Å²) < 4.78 is 76.8. The number of hydrogen-bond acceptors (Lipinski definition) is 8. The zero-order chi connectivity index (χ0) is 35.4. The molecule has 0 amide bonds. The SMILES string of the molecule is CC(C)Oc1ccccc1S(=O)(=O)c1ccc(OCCCCCCOc2ccccc2S(=O)(=O)c2ccc(OCc3ccccc3)cc2)cc1. The smallest absolute Gasteiger partial charge is 0.210 e. The molecule has 0 aliphatic heterocycles. The second-order valence-corrected chi connectivity index (χ2v) is 15.7. The van der Waals surface area contributed by atoms with Gasteiger partial charge in [-0.2, -0.15) is 0 Å². The molecule has 0 fully saturated rings. The summed E-state index contributed by atoms with van der Waals surface area (Å²) in [6.45, 7) is 4.95. The third-order valence-corrected chi connectivity index (χ3v) is 11.3. The van der Waals surface area contributed by atoms with Crippen molar-refractivity contribution in [2.75, 3.05) is 13.2 Å². The highest BCUT2D eigenvalue weighted by Gasteiger charge is 2.23. The molecule has 10 heteroatoms. The fourth-order valence-electron chi connectivity index (χ4n) is 5.17. The summed E-state index contributed by atoms with van der Waals surface area (Å²) in [6, 6.07) is 35.9. The number of benzene rings is 5. The molecule has 0 atom stereocenters. The van der Waals surface area contributed by atoms with Gasteiger partial charge in [-0.05, 0) is 118 Å². The Morgan fingerprint density at radius 1 is 0.480 bits per heavy atom. The molecular weight excluding hydrogens is 673 g/mol. The molecule has 0 unspecified atom stereocenters. The number of unbranched alkanes of at least 4 members (excludes halogenated alkanes) is 3. The normalized spacial score (nSPS) is 11.7. The largest absolute Gasteiger partial charge is 0.494 e. The minimum Gasteiger partial charge on any atom is -0.494 e. The predicted molar refractivity (Wildman–Crippen MR) is 193 cm³/mol. The lowest BCUT2D eigenvalue weighted by molar-refractivity contribution is 0.236. The fourth-order valence-corrected chi connectivity index (χ4v) is 7.95. The van der Waals surface area contributed by atoms with Crippen LogP contribution in [0.3, 0.4) is 0 Å². The summed E-state index contributed by atoms with van der Waals surface area (Å²) in [5.74, 6) is 1.82. The molecule has 5 aromatic carbocycles. The second kappa shape index (κ2) is 17.2. The van der Waals surface area contributed by atoms with Crippen LogP contribution < -0.4 is 18.9 Å². The van der Waals surface area contributed by atoms with Crippen LogP contribution in [0.2, 0.25) is 0 Å². The van der Waals surface area contributed by atoms with Gasteiger partial charge in [-0.25, -0.2) is 16.8 Å². The Hall–Kier alpha value is -4.80. The van der Waals surface area contributed by atoms with Crippen molar-refractivity contribution in [2.24, 2.45) is 0 Å². The summed E-state index contributed by atoms with van der Waals surface area (Å²) in [5, 5.41) is 0. The molecule has 0 heterocycles. The van der Waals surface area contributed by atoms with Gasteiger partial charge < -0.3 is 18.9 Å². The van der Waals surface area contributed by atoms with Gasteiger partial charge in [0.05, 0.1) is 29.1 Å². The highest BCUT2D eigenvalue weighted by Crippen LogP contribution is 2.32. The molecule has 262 valence electrons. The second-order valence-electron chi connectivity index (χ2n) is 11.9. The molecular formula is C40H42O8S2. The quantitative estimate of drug-likeness (QED) is 0.0831. The van der Waals surface area contributed by atoms with Crippen LogP contribution in [0.15, 0.2) is 147 Å². The monoisotopic (exact) mass is 714 g/mol. The van der Waals surface area contributed by atoms with Crippen molar-refractivity contribution in [1.82, 2.24) is 0 Å². The summed E-state index contributed by atoms with van der Waals surface area (Å²) in [5.41, 5.74) is 1.03. The van der Waals surface area contributed by atoms with E-state index in [2.05, 4.69) is 0 Å². The molecule has 0 saturated carbocycles. The van der Waals surface area contributed by atoms with Gasteiger partial charge in [-0.15, -0.1) is 0 Å². The first-order chi connectivity index (χ1) is 24.1. The van der Waals surface area contributed by atoms with E-state index >= 15 is 0 Å². The van der Waals surface area contributed by atoms with E-state index in [0.29, 0.717) is 42.8 Å². The van der Waals surface area contributed by atoms with Crippen LogP contribution in [-0.2, 0) is 26.3 Å². The number of hydrogen-bond donors (Lipinski definition) is 0. The molecule has 0 aliphatic carbocycles.